The molecule has 1 aliphatic heterocycles. The molecule has 1 saturated heterocycles. The summed E-state index contributed by atoms with van der Waals surface area (Å²) in [6.45, 7) is 3.20. The molecule has 5 rings (SSSR count). The van der Waals surface area contributed by atoms with Crippen molar-refractivity contribution in [2.45, 2.75) is 12.3 Å². The van der Waals surface area contributed by atoms with Crippen LogP contribution in [0.3, 0.4) is 0 Å². The Hall–Kier alpha value is -2.82. The van der Waals surface area contributed by atoms with Crippen molar-refractivity contribution in [3.05, 3.63) is 60.2 Å². The maximum atomic E-state index is 12.8. The normalized spacial score (nSPS) is 22.6. The lowest BCUT2D eigenvalue weighted by molar-refractivity contribution is -0.133. The van der Waals surface area contributed by atoms with Crippen molar-refractivity contribution in [3.8, 4) is 0 Å². The number of aromatic nitrogens is 2. The zero-order valence-electron chi connectivity index (χ0n) is 14.6. The fraction of sp³-hybridized carbons (Fsp3) is 0.333. The molecule has 5 heteroatoms. The minimum atomic E-state index is 0.176. The number of imidazole rings is 1. The van der Waals surface area contributed by atoms with Crippen molar-refractivity contribution in [2.24, 2.45) is 5.92 Å². The summed E-state index contributed by atoms with van der Waals surface area (Å²) in [6.07, 6.45) is 0.993. The molecule has 1 aromatic heterocycles. The Kier molecular flexibility index (Phi) is 3.66. The van der Waals surface area contributed by atoms with E-state index < -0.39 is 0 Å². The van der Waals surface area contributed by atoms with Gasteiger partial charge in [0, 0.05) is 32.1 Å². The van der Waals surface area contributed by atoms with Crippen LogP contribution in [0.5, 0.6) is 0 Å². The average Bonchev–Trinajstić information content (AvgIpc) is 3.39. The van der Waals surface area contributed by atoms with Crippen molar-refractivity contribution >= 4 is 22.9 Å². The molecule has 26 heavy (non-hydrogen) atoms. The van der Waals surface area contributed by atoms with Gasteiger partial charge in [-0.25, -0.2) is 4.98 Å². The molecule has 2 fully saturated rings. The van der Waals surface area contributed by atoms with Crippen LogP contribution < -0.4 is 4.90 Å². The van der Waals surface area contributed by atoms with E-state index in [0.717, 1.165) is 49.6 Å². The number of piperazine rings is 1. The van der Waals surface area contributed by atoms with E-state index in [2.05, 4.69) is 39.1 Å². The summed E-state index contributed by atoms with van der Waals surface area (Å²) < 4.78 is 0. The van der Waals surface area contributed by atoms with Crippen LogP contribution in [0, 0.1) is 5.92 Å². The first kappa shape index (κ1) is 15.4. The lowest BCUT2D eigenvalue weighted by atomic mass is 10.1. The lowest BCUT2D eigenvalue weighted by Crippen LogP contribution is -2.49. The third kappa shape index (κ3) is 2.73. The van der Waals surface area contributed by atoms with Gasteiger partial charge < -0.3 is 14.8 Å². The average molecular weight is 346 g/mol. The number of nitrogens with one attached hydrogen (secondary N) is 1. The maximum Gasteiger partial charge on any atom is 0.226 e. The third-order valence-corrected chi connectivity index (χ3v) is 5.60. The van der Waals surface area contributed by atoms with E-state index in [1.165, 1.54) is 5.56 Å². The molecule has 1 aliphatic carbocycles. The number of H-pyrrole nitrogens is 1. The Labute approximate surface area is 152 Å². The highest BCUT2D eigenvalue weighted by atomic mass is 16.2. The first-order chi connectivity index (χ1) is 12.8. The number of benzene rings is 2. The van der Waals surface area contributed by atoms with Gasteiger partial charge in [0.05, 0.1) is 11.0 Å². The fourth-order valence-electron chi connectivity index (χ4n) is 4.00. The van der Waals surface area contributed by atoms with E-state index in [0.29, 0.717) is 11.8 Å². The van der Waals surface area contributed by atoms with Crippen LogP contribution in [-0.4, -0.2) is 47.0 Å². The number of anilines is 1. The first-order valence-corrected chi connectivity index (χ1v) is 9.33. The van der Waals surface area contributed by atoms with Gasteiger partial charge in [0.2, 0.25) is 11.9 Å². The van der Waals surface area contributed by atoms with Crippen LogP contribution in [0.2, 0.25) is 0 Å². The van der Waals surface area contributed by atoms with E-state index in [1.54, 1.807) is 0 Å². The second-order valence-electron chi connectivity index (χ2n) is 7.25. The number of fused-ring (bicyclic) bond motifs is 1. The van der Waals surface area contributed by atoms with Crippen LogP contribution in [-0.2, 0) is 4.79 Å². The van der Waals surface area contributed by atoms with Gasteiger partial charge in [-0.3, -0.25) is 4.79 Å². The second kappa shape index (κ2) is 6.16. The van der Waals surface area contributed by atoms with Gasteiger partial charge in [-0.1, -0.05) is 42.5 Å². The zero-order valence-corrected chi connectivity index (χ0v) is 14.6. The predicted octanol–water partition coefficient (Wildman–Crippen LogP) is 3.02. The van der Waals surface area contributed by atoms with Crippen LogP contribution >= 0.6 is 0 Å². The number of hydrogen-bond acceptors (Lipinski definition) is 3. The Morgan fingerprint density at radius 1 is 0.962 bits per heavy atom. The van der Waals surface area contributed by atoms with E-state index in [1.807, 2.05) is 35.2 Å². The number of carbonyl (C=O) groups is 1. The summed E-state index contributed by atoms with van der Waals surface area (Å²) in [5.74, 6) is 1.82. The van der Waals surface area contributed by atoms with Gasteiger partial charge in [0.15, 0.2) is 0 Å². The number of carbonyl (C=O) groups excluding carboxylic acids is 1. The summed E-state index contributed by atoms with van der Waals surface area (Å²) in [4.78, 5) is 25.1. The highest BCUT2D eigenvalue weighted by Crippen LogP contribution is 2.48. The van der Waals surface area contributed by atoms with Gasteiger partial charge in [0.1, 0.15) is 0 Å². The molecule has 2 atom stereocenters. The molecule has 132 valence electrons. The first-order valence-electron chi connectivity index (χ1n) is 9.33. The number of para-hydroxylation sites is 2. The van der Waals surface area contributed by atoms with E-state index in [-0.39, 0.29) is 5.92 Å². The Balaban J connectivity index is 1.21. The summed E-state index contributed by atoms with van der Waals surface area (Å²) in [5.41, 5.74) is 3.35. The van der Waals surface area contributed by atoms with E-state index in [9.17, 15) is 4.79 Å². The quantitative estimate of drug-likeness (QED) is 0.793. The van der Waals surface area contributed by atoms with E-state index in [4.69, 9.17) is 0 Å². The van der Waals surface area contributed by atoms with Crippen molar-refractivity contribution in [3.63, 3.8) is 0 Å². The van der Waals surface area contributed by atoms with Gasteiger partial charge in [-0.2, -0.15) is 0 Å². The molecule has 0 radical (unpaired) electrons. The largest absolute Gasteiger partial charge is 0.339 e. The molecule has 0 spiro atoms. The Morgan fingerprint density at radius 2 is 1.69 bits per heavy atom. The molecule has 1 saturated carbocycles. The molecule has 1 N–H and O–H groups in total. The second-order valence-corrected chi connectivity index (χ2v) is 7.25. The number of amides is 1. The van der Waals surface area contributed by atoms with Crippen LogP contribution in [0.1, 0.15) is 17.9 Å². The molecule has 0 unspecified atom stereocenters. The summed E-state index contributed by atoms with van der Waals surface area (Å²) in [6, 6.07) is 18.5. The van der Waals surface area contributed by atoms with Crippen molar-refractivity contribution in [1.82, 2.24) is 14.9 Å². The van der Waals surface area contributed by atoms with Crippen molar-refractivity contribution in [2.75, 3.05) is 31.1 Å². The fourth-order valence-corrected chi connectivity index (χ4v) is 4.00. The number of nitrogens with zero attached hydrogens (tertiary/aromatic N) is 3. The predicted molar refractivity (Wildman–Crippen MR) is 102 cm³/mol. The molecule has 3 aromatic rings. The van der Waals surface area contributed by atoms with Crippen molar-refractivity contribution < 1.29 is 4.79 Å². The number of hydrogen-bond donors (Lipinski definition) is 1. The van der Waals surface area contributed by atoms with Crippen LogP contribution in [0.15, 0.2) is 54.6 Å². The number of rotatable bonds is 3. The minimum absolute atomic E-state index is 0.176. The van der Waals surface area contributed by atoms with Gasteiger partial charge in [-0.15, -0.1) is 0 Å². The lowest BCUT2D eigenvalue weighted by Gasteiger charge is -2.34. The highest BCUT2D eigenvalue weighted by Gasteiger charge is 2.46. The molecular weight excluding hydrogens is 324 g/mol. The Bertz CT molecular complexity index is 894. The monoisotopic (exact) mass is 346 g/mol. The minimum Gasteiger partial charge on any atom is -0.339 e. The van der Waals surface area contributed by atoms with Gasteiger partial charge in [-0.05, 0) is 30.0 Å². The molecule has 5 nitrogen and oxygen atoms in total. The molecular formula is C21H22N4O. The summed E-state index contributed by atoms with van der Waals surface area (Å²) >= 11 is 0. The van der Waals surface area contributed by atoms with Gasteiger partial charge in [0.25, 0.3) is 0 Å². The SMILES string of the molecule is O=C([C@@H]1C[C@@H]1c1ccccc1)N1CCN(c2nc3ccccc3[nH]2)CC1. The summed E-state index contributed by atoms with van der Waals surface area (Å²) in [5, 5.41) is 0. The molecule has 2 aliphatic rings. The maximum absolute atomic E-state index is 12.8. The van der Waals surface area contributed by atoms with Gasteiger partial charge >= 0.3 is 0 Å². The van der Waals surface area contributed by atoms with Crippen molar-refractivity contribution in [1.29, 1.82) is 0 Å². The zero-order chi connectivity index (χ0) is 17.5. The number of aromatic amines is 1. The van der Waals surface area contributed by atoms with Crippen LogP contribution in [0.4, 0.5) is 5.95 Å². The smallest absolute Gasteiger partial charge is 0.226 e. The molecule has 2 aromatic carbocycles. The van der Waals surface area contributed by atoms with Crippen LogP contribution in [0.25, 0.3) is 11.0 Å². The third-order valence-electron chi connectivity index (χ3n) is 5.60. The molecule has 0 bridgehead atoms. The molecule has 2 heterocycles. The highest BCUT2D eigenvalue weighted by molar-refractivity contribution is 5.83. The van der Waals surface area contributed by atoms with E-state index >= 15 is 0 Å². The summed E-state index contributed by atoms with van der Waals surface area (Å²) in [7, 11) is 0. The topological polar surface area (TPSA) is 52.2 Å². The molecule has 1 amide bonds. The standard InChI is InChI=1S/C21H22N4O/c26-20(17-14-16(17)15-6-2-1-3-7-15)24-10-12-25(13-11-24)21-22-18-8-4-5-9-19(18)23-21/h1-9,16-17H,10-14H2,(H,22,23)/t16-,17-/m1/s1. The Morgan fingerprint density at radius 3 is 2.46 bits per heavy atom.